The molecule has 0 saturated carbocycles. The Balaban J connectivity index is 2.97. The molecule has 0 aromatic heterocycles. The van der Waals surface area contributed by atoms with Crippen LogP contribution in [0.1, 0.15) is 25.0 Å². The fourth-order valence-electron chi connectivity index (χ4n) is 1.22. The number of hydrogen-bond donors (Lipinski definition) is 1. The number of hydrogen-bond acceptors (Lipinski definition) is 3. The molecule has 98 valence electrons. The average Bonchev–Trinajstić information content (AvgIpc) is 2.23. The molecule has 0 amide bonds. The third kappa shape index (κ3) is 3.93. The minimum Gasteiger partial charge on any atom is -0.492 e. The predicted molar refractivity (Wildman–Crippen MR) is 59.9 cm³/mol. The van der Waals surface area contributed by atoms with Gasteiger partial charge in [0.25, 0.3) is 0 Å². The molecule has 0 atom stereocenters. The zero-order valence-corrected chi connectivity index (χ0v) is 10.0. The Bertz CT molecular complexity index is 470. The Morgan fingerprint density at radius 2 is 1.94 bits per heavy atom. The van der Waals surface area contributed by atoms with Gasteiger partial charge in [-0.05, 0) is 32.0 Å². The summed E-state index contributed by atoms with van der Waals surface area (Å²) in [6.45, 7) is 3.59. The molecule has 0 fully saturated rings. The molecule has 0 radical (unpaired) electrons. The van der Waals surface area contributed by atoms with Gasteiger partial charge in [-0.25, -0.2) is 0 Å². The maximum atomic E-state index is 12.5. The number of halogens is 3. The van der Waals surface area contributed by atoms with Crippen LogP contribution in [0.3, 0.4) is 0 Å². The van der Waals surface area contributed by atoms with Crippen LogP contribution in [0.2, 0.25) is 0 Å². The van der Waals surface area contributed by atoms with Gasteiger partial charge in [-0.3, -0.25) is 0 Å². The number of ether oxygens (including phenoxy) is 1. The number of alkyl halides is 3. The van der Waals surface area contributed by atoms with E-state index in [1.54, 1.807) is 13.8 Å². The molecule has 0 aliphatic rings. The van der Waals surface area contributed by atoms with Crippen LogP contribution in [-0.2, 0) is 6.18 Å². The summed E-state index contributed by atoms with van der Waals surface area (Å²) in [5.74, 6) is 0.193. The molecule has 0 spiro atoms. The van der Waals surface area contributed by atoms with Crippen molar-refractivity contribution in [3.8, 4) is 11.8 Å². The Morgan fingerprint density at radius 1 is 1.33 bits per heavy atom. The van der Waals surface area contributed by atoms with E-state index in [1.807, 2.05) is 0 Å². The number of nitrogens with two attached hydrogens (primary N) is 1. The van der Waals surface area contributed by atoms with Crippen LogP contribution in [0.4, 0.5) is 13.2 Å². The fourth-order valence-corrected chi connectivity index (χ4v) is 1.22. The lowest BCUT2D eigenvalue weighted by Crippen LogP contribution is -2.38. The number of nitrogens with zero attached hydrogens (tertiary/aromatic N) is 1. The lowest BCUT2D eigenvalue weighted by atomic mass is 10.1. The fraction of sp³-hybridized carbons (Fsp3) is 0.417. The van der Waals surface area contributed by atoms with E-state index in [-0.39, 0.29) is 12.4 Å². The Hall–Kier alpha value is -1.74. The van der Waals surface area contributed by atoms with Gasteiger partial charge in [-0.2, -0.15) is 18.4 Å². The Morgan fingerprint density at radius 3 is 2.39 bits per heavy atom. The Labute approximate surface area is 103 Å². The summed E-state index contributed by atoms with van der Waals surface area (Å²) in [4.78, 5) is 0. The van der Waals surface area contributed by atoms with Gasteiger partial charge >= 0.3 is 6.18 Å². The molecular formula is C12H13F3N2O. The molecule has 18 heavy (non-hydrogen) atoms. The van der Waals surface area contributed by atoms with Crippen LogP contribution < -0.4 is 10.5 Å². The molecule has 0 aliphatic carbocycles. The molecule has 1 aromatic carbocycles. The van der Waals surface area contributed by atoms with Gasteiger partial charge in [0.2, 0.25) is 0 Å². The predicted octanol–water partition coefficient (Wildman–Crippen LogP) is 2.69. The SMILES string of the molecule is CC(C)(N)COc1ccc(C(F)(F)F)c(C#N)c1. The first kappa shape index (κ1) is 14.3. The van der Waals surface area contributed by atoms with Crippen molar-refractivity contribution >= 4 is 0 Å². The van der Waals surface area contributed by atoms with Crippen LogP contribution in [-0.4, -0.2) is 12.1 Å². The number of benzene rings is 1. The van der Waals surface area contributed by atoms with E-state index in [9.17, 15) is 13.2 Å². The summed E-state index contributed by atoms with van der Waals surface area (Å²) in [7, 11) is 0. The minimum absolute atomic E-state index is 0.142. The molecule has 0 bridgehead atoms. The van der Waals surface area contributed by atoms with Gasteiger partial charge in [-0.1, -0.05) is 0 Å². The van der Waals surface area contributed by atoms with Gasteiger partial charge in [0.15, 0.2) is 0 Å². The second-order valence-corrected chi connectivity index (χ2v) is 4.59. The quantitative estimate of drug-likeness (QED) is 0.906. The molecule has 2 N–H and O–H groups in total. The van der Waals surface area contributed by atoms with Crippen LogP contribution >= 0.6 is 0 Å². The maximum absolute atomic E-state index is 12.5. The maximum Gasteiger partial charge on any atom is 0.417 e. The lowest BCUT2D eigenvalue weighted by molar-refractivity contribution is -0.137. The van der Waals surface area contributed by atoms with Gasteiger partial charge < -0.3 is 10.5 Å². The van der Waals surface area contributed by atoms with Crippen molar-refractivity contribution in [2.75, 3.05) is 6.61 Å². The van der Waals surface area contributed by atoms with Crippen LogP contribution in [0, 0.1) is 11.3 Å². The average molecular weight is 258 g/mol. The second-order valence-electron chi connectivity index (χ2n) is 4.59. The van der Waals surface area contributed by atoms with E-state index < -0.39 is 22.8 Å². The summed E-state index contributed by atoms with van der Waals surface area (Å²) < 4.78 is 42.8. The molecule has 1 rings (SSSR count). The first-order valence-corrected chi connectivity index (χ1v) is 5.16. The van der Waals surface area contributed by atoms with E-state index in [2.05, 4.69) is 0 Å². The first-order valence-electron chi connectivity index (χ1n) is 5.16. The van der Waals surface area contributed by atoms with Crippen LogP contribution in [0.5, 0.6) is 5.75 Å². The van der Waals surface area contributed by atoms with Crippen molar-refractivity contribution in [1.82, 2.24) is 0 Å². The summed E-state index contributed by atoms with van der Waals surface area (Å²) in [5, 5.41) is 8.70. The van der Waals surface area contributed by atoms with E-state index in [4.69, 9.17) is 15.7 Å². The highest BCUT2D eigenvalue weighted by Gasteiger charge is 2.33. The van der Waals surface area contributed by atoms with E-state index >= 15 is 0 Å². The highest BCUT2D eigenvalue weighted by molar-refractivity contribution is 5.44. The van der Waals surface area contributed by atoms with Crippen molar-refractivity contribution in [2.24, 2.45) is 5.73 Å². The zero-order valence-electron chi connectivity index (χ0n) is 10.0. The first-order chi connectivity index (χ1) is 8.13. The summed E-state index contributed by atoms with van der Waals surface area (Å²) >= 11 is 0. The number of rotatable bonds is 3. The zero-order chi connectivity index (χ0) is 14.0. The topological polar surface area (TPSA) is 59.0 Å². The van der Waals surface area contributed by atoms with Crippen molar-refractivity contribution < 1.29 is 17.9 Å². The molecule has 0 saturated heterocycles. The van der Waals surface area contributed by atoms with Crippen molar-refractivity contribution in [1.29, 1.82) is 5.26 Å². The van der Waals surface area contributed by atoms with Crippen LogP contribution in [0.25, 0.3) is 0 Å². The minimum atomic E-state index is -4.54. The summed E-state index contributed by atoms with van der Waals surface area (Å²) in [6.07, 6.45) is -4.54. The van der Waals surface area contributed by atoms with Gasteiger partial charge in [-0.15, -0.1) is 0 Å². The van der Waals surface area contributed by atoms with Gasteiger partial charge in [0.1, 0.15) is 12.4 Å². The second kappa shape index (κ2) is 4.86. The normalized spacial score (nSPS) is 12.1. The number of nitriles is 1. The van der Waals surface area contributed by atoms with E-state index in [0.29, 0.717) is 0 Å². The van der Waals surface area contributed by atoms with Gasteiger partial charge in [0, 0.05) is 5.54 Å². The molecular weight excluding hydrogens is 245 g/mol. The van der Waals surface area contributed by atoms with Crippen molar-refractivity contribution in [3.05, 3.63) is 29.3 Å². The van der Waals surface area contributed by atoms with Crippen LogP contribution in [0.15, 0.2) is 18.2 Å². The smallest absolute Gasteiger partial charge is 0.417 e. The third-order valence-electron chi connectivity index (χ3n) is 2.03. The van der Waals surface area contributed by atoms with Crippen molar-refractivity contribution in [2.45, 2.75) is 25.6 Å². The van der Waals surface area contributed by atoms with Gasteiger partial charge in [0.05, 0.1) is 17.2 Å². The summed E-state index contributed by atoms with van der Waals surface area (Å²) in [6, 6.07) is 4.58. The summed E-state index contributed by atoms with van der Waals surface area (Å²) in [5.41, 5.74) is 3.65. The molecule has 0 unspecified atom stereocenters. The monoisotopic (exact) mass is 258 g/mol. The molecule has 6 heteroatoms. The molecule has 1 aromatic rings. The highest BCUT2D eigenvalue weighted by atomic mass is 19.4. The molecule has 0 heterocycles. The third-order valence-corrected chi connectivity index (χ3v) is 2.03. The lowest BCUT2D eigenvalue weighted by Gasteiger charge is -2.19. The van der Waals surface area contributed by atoms with Crippen molar-refractivity contribution in [3.63, 3.8) is 0 Å². The standard InChI is InChI=1S/C12H13F3N2O/c1-11(2,17)7-18-9-3-4-10(12(13,14)15)8(5-9)6-16/h3-5H,7,17H2,1-2H3. The molecule has 3 nitrogen and oxygen atoms in total. The largest absolute Gasteiger partial charge is 0.492 e. The molecule has 0 aliphatic heterocycles. The Kier molecular flexibility index (Phi) is 3.87. The highest BCUT2D eigenvalue weighted by Crippen LogP contribution is 2.33. The van der Waals surface area contributed by atoms with E-state index in [0.717, 1.165) is 12.1 Å². The van der Waals surface area contributed by atoms with E-state index in [1.165, 1.54) is 12.1 Å².